The SMILES string of the molecule is Cc1cc(C)cc(C(=O)N[C@@H](Cc2ccccc2I)C(N)=O)c1. The Labute approximate surface area is 149 Å². The zero-order valence-corrected chi connectivity index (χ0v) is 15.3. The molecule has 0 aliphatic carbocycles. The number of nitrogens with two attached hydrogens (primary N) is 1. The summed E-state index contributed by atoms with van der Waals surface area (Å²) in [5.74, 6) is -0.825. The first kappa shape index (κ1) is 17.5. The molecule has 120 valence electrons. The lowest BCUT2D eigenvalue weighted by Gasteiger charge is -2.17. The van der Waals surface area contributed by atoms with Crippen LogP contribution in [0.4, 0.5) is 0 Å². The molecule has 2 aromatic rings. The molecule has 0 saturated heterocycles. The number of nitrogens with one attached hydrogen (secondary N) is 1. The van der Waals surface area contributed by atoms with Crippen LogP contribution in [0.5, 0.6) is 0 Å². The first-order chi connectivity index (χ1) is 10.9. The van der Waals surface area contributed by atoms with E-state index < -0.39 is 11.9 Å². The molecule has 2 amide bonds. The van der Waals surface area contributed by atoms with E-state index in [1.807, 2.05) is 44.2 Å². The highest BCUT2D eigenvalue weighted by molar-refractivity contribution is 14.1. The summed E-state index contributed by atoms with van der Waals surface area (Å²) in [7, 11) is 0. The van der Waals surface area contributed by atoms with Crippen LogP contribution in [0.2, 0.25) is 0 Å². The molecule has 0 fully saturated rings. The van der Waals surface area contributed by atoms with Crippen LogP contribution in [-0.4, -0.2) is 17.9 Å². The maximum atomic E-state index is 12.4. The number of hydrogen-bond donors (Lipinski definition) is 2. The smallest absolute Gasteiger partial charge is 0.251 e. The summed E-state index contributed by atoms with van der Waals surface area (Å²) in [6, 6.07) is 12.6. The van der Waals surface area contributed by atoms with E-state index in [9.17, 15) is 9.59 Å². The number of hydrogen-bond acceptors (Lipinski definition) is 2. The van der Waals surface area contributed by atoms with Crippen LogP contribution >= 0.6 is 22.6 Å². The Morgan fingerprint density at radius 1 is 1.13 bits per heavy atom. The van der Waals surface area contributed by atoms with E-state index in [2.05, 4.69) is 27.9 Å². The topological polar surface area (TPSA) is 72.2 Å². The Bertz CT molecular complexity index is 723. The number of aryl methyl sites for hydroxylation is 2. The molecule has 2 rings (SSSR count). The van der Waals surface area contributed by atoms with E-state index in [1.54, 1.807) is 12.1 Å². The van der Waals surface area contributed by atoms with Gasteiger partial charge >= 0.3 is 0 Å². The van der Waals surface area contributed by atoms with Crippen LogP contribution in [0, 0.1) is 17.4 Å². The van der Waals surface area contributed by atoms with Gasteiger partial charge in [0, 0.05) is 15.6 Å². The molecule has 5 heteroatoms. The third-order valence-corrected chi connectivity index (χ3v) is 4.57. The van der Waals surface area contributed by atoms with Crippen molar-refractivity contribution >= 4 is 34.4 Å². The first-order valence-corrected chi connectivity index (χ1v) is 8.36. The fraction of sp³-hybridized carbons (Fsp3) is 0.222. The van der Waals surface area contributed by atoms with Crippen LogP contribution in [0.25, 0.3) is 0 Å². The molecule has 23 heavy (non-hydrogen) atoms. The van der Waals surface area contributed by atoms with Gasteiger partial charge in [-0.05, 0) is 60.2 Å². The predicted molar refractivity (Wildman–Crippen MR) is 99.2 cm³/mol. The number of carbonyl (C=O) groups excluding carboxylic acids is 2. The van der Waals surface area contributed by atoms with Crippen LogP contribution in [0.15, 0.2) is 42.5 Å². The lowest BCUT2D eigenvalue weighted by molar-refractivity contribution is -0.119. The van der Waals surface area contributed by atoms with E-state index in [0.29, 0.717) is 12.0 Å². The minimum atomic E-state index is -0.737. The average molecular weight is 422 g/mol. The number of amides is 2. The van der Waals surface area contributed by atoms with Gasteiger partial charge in [-0.2, -0.15) is 0 Å². The van der Waals surface area contributed by atoms with Crippen molar-refractivity contribution in [2.75, 3.05) is 0 Å². The molecular weight excluding hydrogens is 403 g/mol. The highest BCUT2D eigenvalue weighted by Gasteiger charge is 2.20. The van der Waals surface area contributed by atoms with Crippen molar-refractivity contribution in [3.05, 3.63) is 68.3 Å². The van der Waals surface area contributed by atoms with Gasteiger partial charge < -0.3 is 11.1 Å². The first-order valence-electron chi connectivity index (χ1n) is 7.28. The summed E-state index contributed by atoms with van der Waals surface area (Å²) in [6.07, 6.45) is 0.380. The van der Waals surface area contributed by atoms with Crippen molar-refractivity contribution in [2.24, 2.45) is 5.73 Å². The number of primary amides is 1. The van der Waals surface area contributed by atoms with E-state index in [1.165, 1.54) is 0 Å². The quantitative estimate of drug-likeness (QED) is 0.728. The molecule has 2 aromatic carbocycles. The second kappa shape index (κ2) is 7.59. The van der Waals surface area contributed by atoms with Crippen molar-refractivity contribution in [1.29, 1.82) is 0 Å². The van der Waals surface area contributed by atoms with Gasteiger partial charge in [0.2, 0.25) is 5.91 Å². The number of benzene rings is 2. The molecule has 0 spiro atoms. The standard InChI is InChI=1S/C18H19IN2O2/c1-11-7-12(2)9-14(8-11)18(23)21-16(17(20)22)10-13-5-3-4-6-15(13)19/h3-9,16H,10H2,1-2H3,(H2,20,22)(H,21,23)/t16-/m0/s1. The Kier molecular flexibility index (Phi) is 5.76. The van der Waals surface area contributed by atoms with E-state index in [4.69, 9.17) is 5.73 Å². The van der Waals surface area contributed by atoms with Crippen LogP contribution < -0.4 is 11.1 Å². The fourth-order valence-electron chi connectivity index (χ4n) is 2.45. The van der Waals surface area contributed by atoms with Crippen molar-refractivity contribution in [2.45, 2.75) is 26.3 Å². The summed E-state index contributed by atoms with van der Waals surface area (Å²) in [6.45, 7) is 3.86. The van der Waals surface area contributed by atoms with Crippen molar-refractivity contribution in [3.63, 3.8) is 0 Å². The normalized spacial score (nSPS) is 11.8. The van der Waals surface area contributed by atoms with Crippen LogP contribution in [-0.2, 0) is 11.2 Å². The molecular formula is C18H19IN2O2. The summed E-state index contributed by atoms with van der Waals surface area (Å²) in [4.78, 5) is 24.1. The van der Waals surface area contributed by atoms with Crippen molar-refractivity contribution in [3.8, 4) is 0 Å². The molecule has 0 aliphatic rings. The van der Waals surface area contributed by atoms with Crippen molar-refractivity contribution in [1.82, 2.24) is 5.32 Å². The zero-order chi connectivity index (χ0) is 17.0. The average Bonchev–Trinajstić information content (AvgIpc) is 2.47. The molecule has 4 nitrogen and oxygen atoms in total. The molecule has 0 aromatic heterocycles. The zero-order valence-electron chi connectivity index (χ0n) is 13.1. The molecule has 0 radical (unpaired) electrons. The summed E-state index contributed by atoms with van der Waals surface area (Å²) < 4.78 is 1.04. The van der Waals surface area contributed by atoms with Gasteiger partial charge in [0.25, 0.3) is 5.91 Å². The second-order valence-corrected chi connectivity index (χ2v) is 6.76. The molecule has 1 atom stereocenters. The Morgan fingerprint density at radius 2 is 1.74 bits per heavy atom. The minimum absolute atomic E-state index is 0.286. The predicted octanol–water partition coefficient (Wildman–Crippen LogP) is 2.73. The van der Waals surface area contributed by atoms with E-state index in [-0.39, 0.29) is 5.91 Å². The molecule has 3 N–H and O–H groups in total. The van der Waals surface area contributed by atoms with Gasteiger partial charge in [-0.3, -0.25) is 9.59 Å². The second-order valence-electron chi connectivity index (χ2n) is 5.60. The monoisotopic (exact) mass is 422 g/mol. The van der Waals surface area contributed by atoms with E-state index >= 15 is 0 Å². The summed E-state index contributed by atoms with van der Waals surface area (Å²) in [5.41, 5.74) is 8.99. The third-order valence-electron chi connectivity index (χ3n) is 3.51. The van der Waals surface area contributed by atoms with Crippen LogP contribution in [0.3, 0.4) is 0 Å². The number of halogens is 1. The maximum absolute atomic E-state index is 12.4. The van der Waals surface area contributed by atoms with Gasteiger partial charge in [-0.1, -0.05) is 35.4 Å². The Hall–Kier alpha value is -1.89. The van der Waals surface area contributed by atoms with E-state index in [0.717, 1.165) is 20.3 Å². The summed E-state index contributed by atoms with van der Waals surface area (Å²) >= 11 is 2.21. The lowest BCUT2D eigenvalue weighted by Crippen LogP contribution is -2.46. The maximum Gasteiger partial charge on any atom is 0.251 e. The molecule has 0 saturated carbocycles. The largest absolute Gasteiger partial charge is 0.368 e. The molecule has 0 heterocycles. The molecule has 0 aliphatic heterocycles. The Balaban J connectivity index is 2.18. The van der Waals surface area contributed by atoms with Gasteiger partial charge in [0.05, 0.1) is 0 Å². The third kappa shape index (κ3) is 4.79. The Morgan fingerprint density at radius 3 is 2.30 bits per heavy atom. The molecule has 0 unspecified atom stereocenters. The highest BCUT2D eigenvalue weighted by Crippen LogP contribution is 2.14. The van der Waals surface area contributed by atoms with Gasteiger partial charge in [0.15, 0.2) is 0 Å². The van der Waals surface area contributed by atoms with Gasteiger partial charge in [0.1, 0.15) is 6.04 Å². The molecule has 0 bridgehead atoms. The fourth-order valence-corrected chi connectivity index (χ4v) is 3.06. The highest BCUT2D eigenvalue weighted by atomic mass is 127. The van der Waals surface area contributed by atoms with Gasteiger partial charge in [-0.15, -0.1) is 0 Å². The van der Waals surface area contributed by atoms with Gasteiger partial charge in [-0.25, -0.2) is 0 Å². The lowest BCUT2D eigenvalue weighted by atomic mass is 10.0. The van der Waals surface area contributed by atoms with Crippen LogP contribution in [0.1, 0.15) is 27.0 Å². The number of rotatable bonds is 5. The number of carbonyl (C=O) groups is 2. The van der Waals surface area contributed by atoms with Crippen molar-refractivity contribution < 1.29 is 9.59 Å². The summed E-state index contributed by atoms with van der Waals surface area (Å²) in [5, 5.41) is 2.75. The minimum Gasteiger partial charge on any atom is -0.368 e.